The number of rotatable bonds is 14. The fourth-order valence-electron chi connectivity index (χ4n) is 3.54. The second-order valence-electron chi connectivity index (χ2n) is 7.29. The smallest absolute Gasteiger partial charge is 0.478 e. The van der Waals surface area contributed by atoms with Gasteiger partial charge in [0.1, 0.15) is 5.82 Å². The third-order valence-electron chi connectivity index (χ3n) is 4.98. The maximum atomic E-state index is 14.3. The van der Waals surface area contributed by atoms with Crippen LogP contribution in [0.5, 0.6) is 0 Å². The number of carboxylic acids is 1. The van der Waals surface area contributed by atoms with Crippen molar-refractivity contribution in [3.05, 3.63) is 65.5 Å². The Morgan fingerprint density at radius 1 is 0.938 bits per heavy atom. The molecule has 2 aromatic carbocycles. The molecule has 0 spiro atoms. The Labute approximate surface area is 191 Å². The minimum absolute atomic E-state index is 0.249. The summed E-state index contributed by atoms with van der Waals surface area (Å²) < 4.78 is 32.0. The Morgan fingerprint density at radius 3 is 2.06 bits per heavy atom. The van der Waals surface area contributed by atoms with Gasteiger partial charge in [-0.15, -0.1) is 0 Å². The molecule has 174 valence electrons. The Morgan fingerprint density at radius 2 is 1.53 bits per heavy atom. The van der Waals surface area contributed by atoms with Gasteiger partial charge >= 0.3 is 14.8 Å². The number of aryl methyl sites for hydroxylation is 1. The highest BCUT2D eigenvalue weighted by Crippen LogP contribution is 2.24. The first-order chi connectivity index (χ1) is 15.4. The fraction of sp³-hybridized carbons (Fsp3) is 0.400. The average molecular weight is 461 g/mol. The first-order valence-corrected chi connectivity index (χ1v) is 13.1. The van der Waals surface area contributed by atoms with E-state index in [1.807, 2.05) is 32.9 Å². The summed E-state index contributed by atoms with van der Waals surface area (Å²) in [5.41, 5.74) is 3.13. The van der Waals surface area contributed by atoms with Crippen LogP contribution < -0.4 is 0 Å². The van der Waals surface area contributed by atoms with Crippen molar-refractivity contribution in [1.82, 2.24) is 0 Å². The number of benzene rings is 2. The lowest BCUT2D eigenvalue weighted by Crippen LogP contribution is -2.45. The number of carbonyl (C=O) groups is 1. The maximum Gasteiger partial charge on any atom is 0.500 e. The van der Waals surface area contributed by atoms with Crippen LogP contribution in [0.3, 0.4) is 0 Å². The molecule has 7 heteroatoms. The van der Waals surface area contributed by atoms with Gasteiger partial charge in [0.2, 0.25) is 0 Å². The van der Waals surface area contributed by atoms with Gasteiger partial charge in [-0.1, -0.05) is 36.4 Å². The van der Waals surface area contributed by atoms with E-state index in [1.165, 1.54) is 17.7 Å². The lowest BCUT2D eigenvalue weighted by atomic mass is 10.0. The molecule has 0 atom stereocenters. The Kier molecular flexibility index (Phi) is 10.8. The number of hydrogen-bond donors (Lipinski definition) is 1. The summed E-state index contributed by atoms with van der Waals surface area (Å²) in [7, 11) is -2.58. The number of halogens is 1. The van der Waals surface area contributed by atoms with E-state index >= 15 is 0 Å². The minimum Gasteiger partial charge on any atom is -0.478 e. The fourth-order valence-corrected chi connectivity index (χ4v) is 6.22. The molecule has 0 heterocycles. The molecule has 2 rings (SSSR count). The number of unbranched alkanes of at least 4 members (excludes halogenated alkanes) is 1. The van der Waals surface area contributed by atoms with Gasteiger partial charge in [-0.25, -0.2) is 9.18 Å². The van der Waals surface area contributed by atoms with E-state index in [9.17, 15) is 9.18 Å². The Hall–Kier alpha value is -2.32. The molecule has 0 aliphatic rings. The van der Waals surface area contributed by atoms with Crippen molar-refractivity contribution in [2.24, 2.45) is 0 Å². The molecule has 0 bridgehead atoms. The van der Waals surface area contributed by atoms with Crippen LogP contribution in [0, 0.1) is 5.82 Å². The quantitative estimate of drug-likeness (QED) is 0.214. The lowest BCUT2D eigenvalue weighted by Gasteiger charge is -2.28. The van der Waals surface area contributed by atoms with Gasteiger partial charge in [0.25, 0.3) is 0 Å². The molecule has 0 aliphatic carbocycles. The van der Waals surface area contributed by atoms with Gasteiger partial charge < -0.3 is 18.4 Å². The molecule has 32 heavy (non-hydrogen) atoms. The van der Waals surface area contributed by atoms with Crippen LogP contribution in [0.15, 0.2) is 48.5 Å². The standard InChI is InChI=1S/C25H33FO5Si/c1-4-29-32(30-5-2,31-6-3)18-8-7-9-20-10-12-21(13-11-20)23-15-14-22(24(26)19-23)16-17-25(27)28/h10-17,19H,4-9,18H2,1-3H3,(H,27,28). The van der Waals surface area contributed by atoms with Crippen molar-refractivity contribution in [3.63, 3.8) is 0 Å². The molecule has 0 aliphatic heterocycles. The second kappa shape index (κ2) is 13.3. The average Bonchev–Trinajstić information content (AvgIpc) is 2.77. The molecule has 0 unspecified atom stereocenters. The van der Waals surface area contributed by atoms with E-state index in [4.69, 9.17) is 18.4 Å². The monoisotopic (exact) mass is 460 g/mol. The third kappa shape index (κ3) is 7.98. The normalized spacial score (nSPS) is 11.9. The van der Waals surface area contributed by atoms with E-state index in [2.05, 4.69) is 12.1 Å². The zero-order valence-corrected chi connectivity index (χ0v) is 20.1. The van der Waals surface area contributed by atoms with E-state index < -0.39 is 20.6 Å². The van der Waals surface area contributed by atoms with Crippen LogP contribution >= 0.6 is 0 Å². The van der Waals surface area contributed by atoms with Gasteiger partial charge in [0, 0.05) is 37.5 Å². The Bertz CT molecular complexity index is 865. The van der Waals surface area contributed by atoms with E-state index in [1.54, 1.807) is 12.1 Å². The number of aliphatic carboxylic acids is 1. The lowest BCUT2D eigenvalue weighted by molar-refractivity contribution is -0.131. The van der Waals surface area contributed by atoms with Crippen molar-refractivity contribution in [3.8, 4) is 11.1 Å². The van der Waals surface area contributed by atoms with Crippen LogP contribution in [0.25, 0.3) is 17.2 Å². The molecule has 0 radical (unpaired) electrons. The van der Waals surface area contributed by atoms with E-state index in [0.29, 0.717) is 19.8 Å². The third-order valence-corrected chi connectivity index (χ3v) is 8.14. The van der Waals surface area contributed by atoms with E-state index in [0.717, 1.165) is 42.5 Å². The number of hydrogen-bond acceptors (Lipinski definition) is 4. The maximum absolute atomic E-state index is 14.3. The van der Waals surface area contributed by atoms with Gasteiger partial charge in [-0.05, 0) is 68.9 Å². The van der Waals surface area contributed by atoms with Crippen molar-refractivity contribution in [1.29, 1.82) is 0 Å². The Balaban J connectivity index is 1.94. The predicted molar refractivity (Wildman–Crippen MR) is 127 cm³/mol. The van der Waals surface area contributed by atoms with E-state index in [-0.39, 0.29) is 5.56 Å². The topological polar surface area (TPSA) is 65.0 Å². The molecule has 0 saturated heterocycles. The first kappa shape index (κ1) is 25.9. The van der Waals surface area contributed by atoms with Crippen LogP contribution in [0.1, 0.15) is 44.7 Å². The molecule has 2 aromatic rings. The molecule has 5 nitrogen and oxygen atoms in total. The van der Waals surface area contributed by atoms with Crippen molar-refractivity contribution >= 4 is 20.8 Å². The highest BCUT2D eigenvalue weighted by molar-refractivity contribution is 6.60. The minimum atomic E-state index is -2.58. The molecule has 0 amide bonds. The summed E-state index contributed by atoms with van der Waals surface area (Å²) in [6, 6.07) is 13.7. The van der Waals surface area contributed by atoms with Crippen LogP contribution in [0.2, 0.25) is 6.04 Å². The summed E-state index contributed by atoms with van der Waals surface area (Å²) >= 11 is 0. The van der Waals surface area contributed by atoms with Gasteiger partial charge in [-0.3, -0.25) is 0 Å². The number of carboxylic acid groups (broad SMARTS) is 1. The van der Waals surface area contributed by atoms with Crippen LogP contribution in [-0.2, 0) is 24.5 Å². The molecule has 0 fully saturated rings. The highest BCUT2D eigenvalue weighted by Gasteiger charge is 2.39. The predicted octanol–water partition coefficient (Wildman–Crippen LogP) is 5.96. The molecule has 1 N–H and O–H groups in total. The summed E-state index contributed by atoms with van der Waals surface area (Å²) in [5.74, 6) is -1.56. The van der Waals surface area contributed by atoms with Crippen LogP contribution in [0.4, 0.5) is 4.39 Å². The molecular formula is C25H33FO5Si. The largest absolute Gasteiger partial charge is 0.500 e. The summed E-state index contributed by atoms with van der Waals surface area (Å²) in [6.45, 7) is 7.66. The highest BCUT2D eigenvalue weighted by atomic mass is 28.4. The summed E-state index contributed by atoms with van der Waals surface area (Å²) in [6.07, 6.45) is 5.08. The second-order valence-corrected chi connectivity index (χ2v) is 10.0. The van der Waals surface area contributed by atoms with Crippen molar-refractivity contribution in [2.75, 3.05) is 19.8 Å². The molecular weight excluding hydrogens is 427 g/mol. The molecule has 0 saturated carbocycles. The van der Waals surface area contributed by atoms with Gasteiger partial charge in [0.05, 0.1) is 0 Å². The van der Waals surface area contributed by atoms with Gasteiger partial charge in [0.15, 0.2) is 0 Å². The summed E-state index contributed by atoms with van der Waals surface area (Å²) in [4.78, 5) is 10.6. The first-order valence-electron chi connectivity index (χ1n) is 11.1. The SMILES string of the molecule is CCO[Si](CCCCc1ccc(-c2ccc(C=CC(=O)O)c(F)c2)cc1)(OCC)OCC. The van der Waals surface area contributed by atoms with Gasteiger partial charge in [-0.2, -0.15) is 0 Å². The van der Waals surface area contributed by atoms with Crippen molar-refractivity contribution in [2.45, 2.75) is 46.1 Å². The van der Waals surface area contributed by atoms with Crippen molar-refractivity contribution < 1.29 is 27.6 Å². The zero-order chi connectivity index (χ0) is 23.4. The molecule has 0 aromatic heterocycles. The zero-order valence-electron chi connectivity index (χ0n) is 19.1. The summed E-state index contributed by atoms with van der Waals surface area (Å²) in [5, 5.41) is 8.69. The van der Waals surface area contributed by atoms with Crippen LogP contribution in [-0.4, -0.2) is 39.7 Å².